The first-order chi connectivity index (χ1) is 11.1. The summed E-state index contributed by atoms with van der Waals surface area (Å²) in [6.07, 6.45) is 7.72. The van der Waals surface area contributed by atoms with Gasteiger partial charge in [-0.3, -0.25) is 4.79 Å². The molecule has 0 aromatic heterocycles. The largest absolute Gasteiger partial charge is 0.378 e. The molecule has 2 aliphatic rings. The number of amides is 1. The van der Waals surface area contributed by atoms with Gasteiger partial charge in [-0.15, -0.1) is 12.4 Å². The monoisotopic (exact) mass is 360 g/mol. The number of carbonyl (C=O) groups excluding carboxylic acids is 1. The number of rotatable bonds is 8. The van der Waals surface area contributed by atoms with Crippen molar-refractivity contribution in [3.63, 3.8) is 0 Å². The summed E-state index contributed by atoms with van der Waals surface area (Å²) in [5.74, 6) is 1.06. The summed E-state index contributed by atoms with van der Waals surface area (Å²) < 4.78 is 5.95. The molecule has 0 radical (unpaired) electrons. The SMILES string of the molecule is CCOC1CC(N(C)C(=O)CCC2CCNCC2)C1(CC)CC.Cl. The molecular formula is C19H37ClN2O2. The predicted molar refractivity (Wildman–Crippen MR) is 102 cm³/mol. The van der Waals surface area contributed by atoms with Gasteiger partial charge in [-0.1, -0.05) is 13.8 Å². The van der Waals surface area contributed by atoms with Gasteiger partial charge in [0.2, 0.25) is 5.91 Å². The van der Waals surface area contributed by atoms with Crippen LogP contribution in [0, 0.1) is 11.3 Å². The second-order valence-electron chi connectivity index (χ2n) is 7.37. The maximum Gasteiger partial charge on any atom is 0.222 e. The molecule has 2 unspecified atom stereocenters. The van der Waals surface area contributed by atoms with E-state index >= 15 is 0 Å². The number of hydrogen-bond acceptors (Lipinski definition) is 3. The molecule has 142 valence electrons. The number of piperidine rings is 1. The minimum Gasteiger partial charge on any atom is -0.378 e. The van der Waals surface area contributed by atoms with Crippen molar-refractivity contribution in [3.8, 4) is 0 Å². The van der Waals surface area contributed by atoms with Crippen molar-refractivity contribution in [3.05, 3.63) is 0 Å². The van der Waals surface area contributed by atoms with Crippen LogP contribution in [-0.4, -0.2) is 49.7 Å². The lowest BCUT2D eigenvalue weighted by atomic mass is 9.58. The Morgan fingerprint density at radius 3 is 2.38 bits per heavy atom. The molecular weight excluding hydrogens is 324 g/mol. The molecule has 0 spiro atoms. The summed E-state index contributed by atoms with van der Waals surface area (Å²) in [4.78, 5) is 14.7. The average Bonchev–Trinajstić information content (AvgIpc) is 2.58. The van der Waals surface area contributed by atoms with E-state index in [0.717, 1.165) is 51.3 Å². The van der Waals surface area contributed by atoms with Crippen molar-refractivity contribution in [1.29, 1.82) is 0 Å². The zero-order valence-electron chi connectivity index (χ0n) is 16.0. The highest BCUT2D eigenvalue weighted by Crippen LogP contribution is 2.51. The highest BCUT2D eigenvalue weighted by atomic mass is 35.5. The Labute approximate surface area is 154 Å². The number of ether oxygens (including phenoxy) is 1. The number of halogens is 1. The number of hydrogen-bond donors (Lipinski definition) is 1. The highest BCUT2D eigenvalue weighted by molar-refractivity contribution is 5.85. The molecule has 1 N–H and O–H groups in total. The summed E-state index contributed by atoms with van der Waals surface area (Å²) in [5.41, 5.74) is 0.162. The first-order valence-electron chi connectivity index (χ1n) is 9.67. The standard InChI is InChI=1S/C19H36N2O2.ClH/c1-5-19(6-2)16(14-17(19)23-7-3)21(4)18(22)9-8-15-10-12-20-13-11-15;/h15-17,20H,5-14H2,1-4H3;1H. The van der Waals surface area contributed by atoms with E-state index in [-0.39, 0.29) is 17.8 Å². The van der Waals surface area contributed by atoms with E-state index < -0.39 is 0 Å². The Morgan fingerprint density at radius 2 is 1.83 bits per heavy atom. The third-order valence-electron chi connectivity index (χ3n) is 6.51. The molecule has 1 saturated carbocycles. The maximum atomic E-state index is 12.7. The van der Waals surface area contributed by atoms with Crippen molar-refractivity contribution < 1.29 is 9.53 Å². The molecule has 5 heteroatoms. The average molecular weight is 361 g/mol. The molecule has 0 bridgehead atoms. The molecule has 24 heavy (non-hydrogen) atoms. The first kappa shape index (κ1) is 21.7. The van der Waals surface area contributed by atoms with E-state index in [0.29, 0.717) is 24.5 Å². The molecule has 1 aliphatic carbocycles. The summed E-state index contributed by atoms with van der Waals surface area (Å²) in [7, 11) is 2.01. The van der Waals surface area contributed by atoms with Crippen LogP contribution in [0.2, 0.25) is 0 Å². The lowest BCUT2D eigenvalue weighted by Crippen LogP contribution is -2.64. The second kappa shape index (κ2) is 9.98. The fourth-order valence-electron chi connectivity index (χ4n) is 4.73. The van der Waals surface area contributed by atoms with Crippen LogP contribution in [0.3, 0.4) is 0 Å². The predicted octanol–water partition coefficient (Wildman–Crippen LogP) is 3.63. The molecule has 2 rings (SSSR count). The van der Waals surface area contributed by atoms with Gasteiger partial charge in [0.15, 0.2) is 0 Å². The van der Waals surface area contributed by atoms with Gasteiger partial charge in [-0.2, -0.15) is 0 Å². The van der Waals surface area contributed by atoms with Crippen LogP contribution in [-0.2, 0) is 9.53 Å². The first-order valence-corrected chi connectivity index (χ1v) is 9.67. The van der Waals surface area contributed by atoms with Crippen LogP contribution in [0.5, 0.6) is 0 Å². The fourth-order valence-corrected chi connectivity index (χ4v) is 4.73. The van der Waals surface area contributed by atoms with E-state index in [1.54, 1.807) is 0 Å². The van der Waals surface area contributed by atoms with Crippen molar-refractivity contribution in [2.45, 2.75) is 77.9 Å². The summed E-state index contributed by atoms with van der Waals surface area (Å²) in [5, 5.41) is 3.40. The van der Waals surface area contributed by atoms with Crippen LogP contribution in [0.1, 0.15) is 65.7 Å². The zero-order valence-corrected chi connectivity index (χ0v) is 16.8. The van der Waals surface area contributed by atoms with Crippen LogP contribution < -0.4 is 5.32 Å². The second-order valence-corrected chi connectivity index (χ2v) is 7.37. The number of nitrogens with one attached hydrogen (secondary N) is 1. The van der Waals surface area contributed by atoms with Crippen molar-refractivity contribution in [2.24, 2.45) is 11.3 Å². The normalized spacial score (nSPS) is 26.3. The van der Waals surface area contributed by atoms with E-state index in [4.69, 9.17) is 4.74 Å². The van der Waals surface area contributed by atoms with Crippen LogP contribution in [0.15, 0.2) is 0 Å². The highest BCUT2D eigenvalue weighted by Gasteiger charge is 2.55. The van der Waals surface area contributed by atoms with Crippen LogP contribution in [0.25, 0.3) is 0 Å². The molecule has 0 aromatic rings. The fraction of sp³-hybridized carbons (Fsp3) is 0.947. The van der Waals surface area contributed by atoms with Gasteiger partial charge in [-0.25, -0.2) is 0 Å². The van der Waals surface area contributed by atoms with Gasteiger partial charge in [0.25, 0.3) is 0 Å². The quantitative estimate of drug-likeness (QED) is 0.718. The molecule has 2 fully saturated rings. The molecule has 1 amide bonds. The lowest BCUT2D eigenvalue weighted by molar-refractivity contribution is -0.177. The maximum absolute atomic E-state index is 12.7. The number of nitrogens with zero attached hydrogens (tertiary/aromatic N) is 1. The van der Waals surface area contributed by atoms with E-state index in [1.165, 1.54) is 12.8 Å². The summed E-state index contributed by atoms with van der Waals surface area (Å²) in [6.45, 7) is 9.55. The third kappa shape index (κ3) is 4.44. The van der Waals surface area contributed by atoms with Gasteiger partial charge in [0, 0.05) is 31.5 Å². The summed E-state index contributed by atoms with van der Waals surface area (Å²) in [6, 6.07) is 0.356. The minimum atomic E-state index is 0. The van der Waals surface area contributed by atoms with Crippen LogP contribution >= 0.6 is 12.4 Å². The Kier molecular flexibility index (Phi) is 9.03. The molecule has 4 nitrogen and oxygen atoms in total. The third-order valence-corrected chi connectivity index (χ3v) is 6.51. The topological polar surface area (TPSA) is 41.6 Å². The van der Waals surface area contributed by atoms with Gasteiger partial charge in [0.05, 0.1) is 6.10 Å². The zero-order chi connectivity index (χ0) is 16.9. The van der Waals surface area contributed by atoms with Crippen molar-refractivity contribution in [2.75, 3.05) is 26.7 Å². The molecule has 1 saturated heterocycles. The molecule has 2 atom stereocenters. The molecule has 0 aromatic carbocycles. The Morgan fingerprint density at radius 1 is 1.21 bits per heavy atom. The van der Waals surface area contributed by atoms with Gasteiger partial charge < -0.3 is 15.0 Å². The number of carbonyl (C=O) groups is 1. The van der Waals surface area contributed by atoms with Gasteiger partial charge in [-0.05, 0) is 64.5 Å². The molecule has 1 aliphatic heterocycles. The minimum absolute atomic E-state index is 0. The smallest absolute Gasteiger partial charge is 0.222 e. The van der Waals surface area contributed by atoms with E-state index in [2.05, 4.69) is 26.1 Å². The Hall–Kier alpha value is -0.320. The van der Waals surface area contributed by atoms with E-state index in [1.807, 2.05) is 11.9 Å². The molecule has 1 heterocycles. The van der Waals surface area contributed by atoms with Crippen molar-refractivity contribution >= 4 is 18.3 Å². The lowest BCUT2D eigenvalue weighted by Gasteiger charge is -2.58. The van der Waals surface area contributed by atoms with Crippen molar-refractivity contribution in [1.82, 2.24) is 10.2 Å². The van der Waals surface area contributed by atoms with Gasteiger partial charge >= 0.3 is 0 Å². The Bertz CT molecular complexity index is 382. The van der Waals surface area contributed by atoms with E-state index in [9.17, 15) is 4.79 Å². The van der Waals surface area contributed by atoms with Gasteiger partial charge in [0.1, 0.15) is 0 Å². The summed E-state index contributed by atoms with van der Waals surface area (Å²) >= 11 is 0. The van der Waals surface area contributed by atoms with Crippen LogP contribution in [0.4, 0.5) is 0 Å². The Balaban J connectivity index is 0.00000288.